The Morgan fingerprint density at radius 2 is 1.84 bits per heavy atom. The molecule has 1 unspecified atom stereocenters. The second-order valence-corrected chi connectivity index (χ2v) is 10.8. The van der Waals surface area contributed by atoms with Gasteiger partial charge in [0.15, 0.2) is 11.0 Å². The number of halogens is 3. The zero-order chi connectivity index (χ0) is 31.4. The highest BCUT2D eigenvalue weighted by Crippen LogP contribution is 2.33. The first kappa shape index (κ1) is 30.8. The Morgan fingerprint density at radius 3 is 2.52 bits per heavy atom. The van der Waals surface area contributed by atoms with Crippen molar-refractivity contribution in [2.45, 2.75) is 39.6 Å². The van der Waals surface area contributed by atoms with Crippen molar-refractivity contribution in [2.75, 3.05) is 10.7 Å². The average Bonchev–Trinajstić information content (AvgIpc) is 3.62. The molecule has 3 aromatic carbocycles. The number of hydrogen-bond donors (Lipinski definition) is 2. The SMILES string of the molecule is CCc1cccc(C)c1N1C(=O)CS/C1=N\C(=O)NNC(C)c1ccc(-c2ncn(-c3ccc(OC(F)(F)F)cc3)n2)cc1. The summed E-state index contributed by atoms with van der Waals surface area (Å²) in [6, 6.07) is 17.6. The zero-order valence-corrected chi connectivity index (χ0v) is 24.7. The Balaban J connectivity index is 1.20. The number of aliphatic imine (C=N–C) groups is 1. The lowest BCUT2D eigenvalue weighted by Gasteiger charge is -2.21. The Bertz CT molecular complexity index is 1690. The van der Waals surface area contributed by atoms with E-state index in [-0.39, 0.29) is 23.5 Å². The molecule has 1 aliphatic heterocycles. The van der Waals surface area contributed by atoms with E-state index in [1.165, 1.54) is 51.9 Å². The number of para-hydroxylation sites is 1. The van der Waals surface area contributed by atoms with Gasteiger partial charge in [-0.2, -0.15) is 4.99 Å². The summed E-state index contributed by atoms with van der Waals surface area (Å²) in [7, 11) is 0. The quantitative estimate of drug-likeness (QED) is 0.228. The van der Waals surface area contributed by atoms with E-state index in [0.29, 0.717) is 16.7 Å². The van der Waals surface area contributed by atoms with Crippen LogP contribution >= 0.6 is 11.8 Å². The first-order chi connectivity index (χ1) is 21.0. The largest absolute Gasteiger partial charge is 0.573 e. The number of benzene rings is 3. The Labute approximate surface area is 255 Å². The van der Waals surface area contributed by atoms with Crippen LogP contribution in [0, 0.1) is 6.92 Å². The lowest BCUT2D eigenvalue weighted by atomic mass is 10.0. The maximum atomic E-state index is 12.7. The van der Waals surface area contributed by atoms with Gasteiger partial charge in [0.25, 0.3) is 0 Å². The Kier molecular flexibility index (Phi) is 9.01. The summed E-state index contributed by atoms with van der Waals surface area (Å²) in [5.74, 6) is 0.173. The number of amidine groups is 1. The number of anilines is 1. The number of hydrazine groups is 1. The molecular weight excluding hydrogens is 595 g/mol. The predicted octanol–water partition coefficient (Wildman–Crippen LogP) is 6.11. The molecule has 5 rings (SSSR count). The van der Waals surface area contributed by atoms with Crippen LogP contribution in [0.2, 0.25) is 0 Å². The molecule has 14 heteroatoms. The van der Waals surface area contributed by atoms with Gasteiger partial charge in [0, 0.05) is 11.6 Å². The third-order valence-corrected chi connectivity index (χ3v) is 7.70. The van der Waals surface area contributed by atoms with E-state index in [1.54, 1.807) is 0 Å². The number of rotatable bonds is 8. The standard InChI is InChI=1S/C30H28F3N7O3S/c1-4-20-7-5-6-18(2)26(20)40-25(41)16-44-29(40)35-28(42)37-36-19(3)21-8-10-22(11-9-21)27-34-17-39(38-27)23-12-14-24(15-13-23)43-30(31,32)33/h5-15,17,19,36H,4,16H2,1-3H3,(H,37,42)/b35-29-. The summed E-state index contributed by atoms with van der Waals surface area (Å²) in [5.41, 5.74) is 10.3. The third kappa shape index (κ3) is 7.09. The minimum Gasteiger partial charge on any atom is -0.406 e. The minimum atomic E-state index is -4.76. The number of amides is 3. The third-order valence-electron chi connectivity index (χ3n) is 6.78. The van der Waals surface area contributed by atoms with E-state index >= 15 is 0 Å². The van der Waals surface area contributed by atoms with Crippen LogP contribution in [0.3, 0.4) is 0 Å². The molecule has 2 N–H and O–H groups in total. The summed E-state index contributed by atoms with van der Waals surface area (Å²) in [5, 5.41) is 4.74. The van der Waals surface area contributed by atoms with E-state index in [4.69, 9.17) is 0 Å². The number of aromatic nitrogens is 3. The summed E-state index contributed by atoms with van der Waals surface area (Å²) in [6.45, 7) is 5.80. The van der Waals surface area contributed by atoms with E-state index in [2.05, 4.69) is 30.7 Å². The van der Waals surface area contributed by atoms with Crippen LogP contribution in [-0.4, -0.2) is 44.0 Å². The monoisotopic (exact) mass is 623 g/mol. The lowest BCUT2D eigenvalue weighted by molar-refractivity contribution is -0.274. The van der Waals surface area contributed by atoms with E-state index in [1.807, 2.05) is 63.2 Å². The van der Waals surface area contributed by atoms with Crippen LogP contribution < -0.4 is 20.5 Å². The zero-order valence-electron chi connectivity index (χ0n) is 23.9. The number of nitrogens with one attached hydrogen (secondary N) is 2. The van der Waals surface area contributed by atoms with E-state index in [0.717, 1.165) is 34.4 Å². The van der Waals surface area contributed by atoms with Gasteiger partial charge >= 0.3 is 12.4 Å². The number of aryl methyl sites for hydroxylation is 2. The molecular formula is C30H28F3N7O3S. The van der Waals surface area contributed by atoms with Crippen LogP contribution in [0.5, 0.6) is 5.75 Å². The number of carbonyl (C=O) groups excluding carboxylic acids is 2. The van der Waals surface area contributed by atoms with Gasteiger partial charge in [-0.1, -0.05) is 61.2 Å². The molecule has 2 heterocycles. The van der Waals surface area contributed by atoms with Crippen LogP contribution in [0.1, 0.15) is 36.6 Å². The normalized spacial score (nSPS) is 15.1. The average molecular weight is 624 g/mol. The molecule has 3 amide bonds. The van der Waals surface area contributed by atoms with Crippen molar-refractivity contribution in [2.24, 2.45) is 4.99 Å². The van der Waals surface area contributed by atoms with Gasteiger partial charge in [-0.3, -0.25) is 15.1 Å². The fourth-order valence-corrected chi connectivity index (χ4v) is 5.45. The van der Waals surface area contributed by atoms with Crippen LogP contribution in [0.15, 0.2) is 78.0 Å². The van der Waals surface area contributed by atoms with Crippen molar-refractivity contribution >= 4 is 34.6 Å². The van der Waals surface area contributed by atoms with Crippen molar-refractivity contribution < 1.29 is 27.5 Å². The number of urea groups is 1. The first-order valence-corrected chi connectivity index (χ1v) is 14.6. The van der Waals surface area contributed by atoms with E-state index < -0.39 is 12.4 Å². The molecule has 0 spiro atoms. The number of hydrogen-bond acceptors (Lipinski definition) is 7. The molecule has 0 radical (unpaired) electrons. The van der Waals surface area contributed by atoms with Crippen molar-refractivity contribution in [1.82, 2.24) is 25.6 Å². The molecule has 1 aliphatic rings. The highest BCUT2D eigenvalue weighted by Gasteiger charge is 2.33. The molecule has 228 valence electrons. The molecule has 1 fully saturated rings. The molecule has 0 aliphatic carbocycles. The van der Waals surface area contributed by atoms with Crippen molar-refractivity contribution in [3.63, 3.8) is 0 Å². The molecule has 1 aromatic heterocycles. The summed E-state index contributed by atoms with van der Waals surface area (Å²) < 4.78 is 42.6. The Morgan fingerprint density at radius 1 is 1.11 bits per heavy atom. The van der Waals surface area contributed by atoms with Gasteiger partial charge in [-0.05, 0) is 61.2 Å². The number of alkyl halides is 3. The van der Waals surface area contributed by atoms with Gasteiger partial charge in [0.2, 0.25) is 5.91 Å². The van der Waals surface area contributed by atoms with Gasteiger partial charge in [-0.15, -0.1) is 18.3 Å². The molecule has 1 saturated heterocycles. The summed E-state index contributed by atoms with van der Waals surface area (Å²) >= 11 is 1.22. The van der Waals surface area contributed by atoms with Crippen molar-refractivity contribution in [1.29, 1.82) is 0 Å². The highest BCUT2D eigenvalue weighted by atomic mass is 32.2. The summed E-state index contributed by atoms with van der Waals surface area (Å²) in [4.78, 5) is 35.4. The first-order valence-electron chi connectivity index (χ1n) is 13.6. The number of thioether (sulfide) groups is 1. The van der Waals surface area contributed by atoms with Gasteiger partial charge in [-0.25, -0.2) is 19.9 Å². The second-order valence-electron chi connectivity index (χ2n) is 9.82. The fourth-order valence-electron chi connectivity index (χ4n) is 4.60. The molecule has 44 heavy (non-hydrogen) atoms. The number of nitrogens with zero attached hydrogens (tertiary/aromatic N) is 5. The van der Waals surface area contributed by atoms with Crippen LogP contribution in [0.25, 0.3) is 17.1 Å². The number of ether oxygens (including phenoxy) is 1. The number of carbonyl (C=O) groups is 2. The fraction of sp³-hybridized carbons (Fsp3) is 0.233. The van der Waals surface area contributed by atoms with E-state index in [9.17, 15) is 22.8 Å². The van der Waals surface area contributed by atoms with Gasteiger partial charge in [0.05, 0.1) is 17.1 Å². The predicted molar refractivity (Wildman–Crippen MR) is 161 cm³/mol. The molecule has 1 atom stereocenters. The smallest absolute Gasteiger partial charge is 0.406 e. The van der Waals surface area contributed by atoms with Gasteiger partial charge < -0.3 is 4.74 Å². The van der Waals surface area contributed by atoms with Crippen LogP contribution in [0.4, 0.5) is 23.7 Å². The molecule has 4 aromatic rings. The van der Waals surface area contributed by atoms with Crippen LogP contribution in [-0.2, 0) is 11.2 Å². The molecule has 0 saturated carbocycles. The highest BCUT2D eigenvalue weighted by molar-refractivity contribution is 8.15. The second kappa shape index (κ2) is 12.9. The molecule has 0 bridgehead atoms. The van der Waals surface area contributed by atoms with Gasteiger partial charge in [0.1, 0.15) is 12.1 Å². The summed E-state index contributed by atoms with van der Waals surface area (Å²) in [6.07, 6.45) is -2.57. The maximum Gasteiger partial charge on any atom is 0.573 e. The lowest BCUT2D eigenvalue weighted by Crippen LogP contribution is -2.39. The molecule has 10 nitrogen and oxygen atoms in total. The Hall–Kier alpha value is -4.69. The maximum absolute atomic E-state index is 12.7. The minimum absolute atomic E-state index is 0.125. The van der Waals surface area contributed by atoms with Crippen molar-refractivity contribution in [3.05, 3.63) is 89.7 Å². The van der Waals surface area contributed by atoms with Crippen molar-refractivity contribution in [3.8, 4) is 22.8 Å². The topological polar surface area (TPSA) is 114 Å².